The molecule has 2 rings (SSSR count). The minimum absolute atomic E-state index is 0.149. The molecule has 7 nitrogen and oxygen atoms in total. The molecule has 0 aliphatic carbocycles. The molecule has 23 heavy (non-hydrogen) atoms. The molecule has 0 saturated carbocycles. The second kappa shape index (κ2) is 8.86. The van der Waals surface area contributed by atoms with E-state index in [9.17, 15) is 4.79 Å². The Kier molecular flexibility index (Phi) is 6.52. The first-order valence-electron chi connectivity index (χ1n) is 6.99. The monoisotopic (exact) mass is 334 g/mol. The summed E-state index contributed by atoms with van der Waals surface area (Å²) in [6.45, 7) is 0.923. The van der Waals surface area contributed by atoms with E-state index >= 15 is 0 Å². The predicted molar refractivity (Wildman–Crippen MR) is 91.0 cm³/mol. The number of pyridine rings is 1. The number of ether oxygens (including phenoxy) is 2. The molecule has 0 atom stereocenters. The first-order valence-corrected chi connectivity index (χ1v) is 7.39. The Morgan fingerprint density at radius 2 is 2.09 bits per heavy atom. The largest absolute Gasteiger partial charge is 0.481 e. The van der Waals surface area contributed by atoms with Crippen molar-refractivity contribution in [3.8, 4) is 5.75 Å². The number of methoxy groups -OCH3 is 1. The summed E-state index contributed by atoms with van der Waals surface area (Å²) in [5.41, 5.74) is 5.75. The second-order valence-electron chi connectivity index (χ2n) is 4.54. The summed E-state index contributed by atoms with van der Waals surface area (Å²) in [7, 11) is 1.60. The first kappa shape index (κ1) is 16.9. The molecule has 1 aromatic carbocycles. The molecule has 8 heteroatoms. The Morgan fingerprint density at radius 1 is 1.26 bits per heavy atom. The van der Waals surface area contributed by atoms with E-state index < -0.39 is 0 Å². The lowest BCUT2D eigenvalue weighted by atomic mass is 10.2. The van der Waals surface area contributed by atoms with Crippen LogP contribution in [0.15, 0.2) is 36.5 Å². The summed E-state index contributed by atoms with van der Waals surface area (Å²) in [5, 5.41) is 4.13. The minimum atomic E-state index is -0.353. The molecule has 1 heterocycles. The first-order chi connectivity index (χ1) is 11.2. The van der Waals surface area contributed by atoms with Crippen LogP contribution in [0.2, 0.25) is 0 Å². The maximum atomic E-state index is 11.8. The third-order valence-electron chi connectivity index (χ3n) is 2.86. The topological polar surface area (TPSA) is 84.5 Å². The van der Waals surface area contributed by atoms with Gasteiger partial charge in [0.25, 0.3) is 5.91 Å². The van der Waals surface area contributed by atoms with Crippen molar-refractivity contribution >= 4 is 34.1 Å². The molecule has 0 aliphatic rings. The maximum Gasteiger partial charge on any atom is 0.276 e. The number of hydrogen-bond donors (Lipinski definition) is 3. The number of carbonyl (C=O) groups excluding carboxylic acids is 1. The molecule has 1 amide bonds. The standard InChI is InChI=1S/C15H18N4O3S/c1-21-9-8-17-15(23)19-18-13(20)10-22-12-6-2-4-11-5-3-7-16-14(11)12/h2-7H,8-10H2,1H3,(H,18,20)(H2,17,19,23). The van der Waals surface area contributed by atoms with Gasteiger partial charge in [-0.2, -0.15) is 0 Å². The van der Waals surface area contributed by atoms with Gasteiger partial charge in [0.05, 0.1) is 6.61 Å². The van der Waals surface area contributed by atoms with E-state index in [2.05, 4.69) is 21.2 Å². The van der Waals surface area contributed by atoms with Crippen LogP contribution in [-0.2, 0) is 9.53 Å². The molecule has 0 bridgehead atoms. The van der Waals surface area contributed by atoms with Crippen LogP contribution in [0.25, 0.3) is 10.9 Å². The molecular formula is C15H18N4O3S. The van der Waals surface area contributed by atoms with Crippen molar-refractivity contribution in [3.05, 3.63) is 36.5 Å². The molecule has 0 spiro atoms. The number of aromatic nitrogens is 1. The van der Waals surface area contributed by atoms with Crippen molar-refractivity contribution in [2.75, 3.05) is 26.9 Å². The van der Waals surface area contributed by atoms with E-state index in [-0.39, 0.29) is 12.5 Å². The number of para-hydroxylation sites is 1. The van der Waals surface area contributed by atoms with Gasteiger partial charge in [-0.05, 0) is 24.4 Å². The zero-order valence-electron chi connectivity index (χ0n) is 12.7. The molecule has 0 fully saturated rings. The molecule has 0 unspecified atom stereocenters. The van der Waals surface area contributed by atoms with Crippen LogP contribution in [0.3, 0.4) is 0 Å². The Balaban J connectivity index is 1.79. The predicted octanol–water partition coefficient (Wildman–Crippen LogP) is 0.755. The minimum Gasteiger partial charge on any atom is -0.481 e. The average molecular weight is 334 g/mol. The highest BCUT2D eigenvalue weighted by Gasteiger charge is 2.06. The van der Waals surface area contributed by atoms with Crippen molar-refractivity contribution in [3.63, 3.8) is 0 Å². The van der Waals surface area contributed by atoms with Gasteiger partial charge < -0.3 is 14.8 Å². The number of nitrogens with zero attached hydrogens (tertiary/aromatic N) is 1. The second-order valence-corrected chi connectivity index (χ2v) is 4.95. The molecule has 0 aliphatic heterocycles. The highest BCUT2D eigenvalue weighted by atomic mass is 32.1. The van der Waals surface area contributed by atoms with Gasteiger partial charge in [0.15, 0.2) is 11.7 Å². The fourth-order valence-corrected chi connectivity index (χ4v) is 1.96. The van der Waals surface area contributed by atoms with Crippen LogP contribution < -0.4 is 20.9 Å². The summed E-state index contributed by atoms with van der Waals surface area (Å²) in [6, 6.07) is 9.33. The Morgan fingerprint density at radius 3 is 2.91 bits per heavy atom. The number of rotatable bonds is 6. The third-order valence-corrected chi connectivity index (χ3v) is 3.11. The van der Waals surface area contributed by atoms with E-state index in [0.717, 1.165) is 5.39 Å². The van der Waals surface area contributed by atoms with Crippen LogP contribution in [0.1, 0.15) is 0 Å². The number of amides is 1. The Hall–Kier alpha value is -2.45. The fourth-order valence-electron chi connectivity index (χ4n) is 1.81. The normalized spacial score (nSPS) is 10.1. The van der Waals surface area contributed by atoms with Crippen molar-refractivity contribution in [1.29, 1.82) is 0 Å². The van der Waals surface area contributed by atoms with E-state index in [1.165, 1.54) is 0 Å². The maximum absolute atomic E-state index is 11.8. The summed E-state index contributed by atoms with van der Waals surface area (Å²) in [5.74, 6) is 0.202. The molecule has 0 saturated heterocycles. The van der Waals surface area contributed by atoms with Crippen molar-refractivity contribution in [2.24, 2.45) is 0 Å². The van der Waals surface area contributed by atoms with Gasteiger partial charge in [0.1, 0.15) is 11.3 Å². The zero-order valence-corrected chi connectivity index (χ0v) is 13.5. The van der Waals surface area contributed by atoms with Crippen molar-refractivity contribution < 1.29 is 14.3 Å². The molecule has 3 N–H and O–H groups in total. The lowest BCUT2D eigenvalue weighted by Crippen LogP contribution is -2.48. The highest BCUT2D eigenvalue weighted by Crippen LogP contribution is 2.22. The van der Waals surface area contributed by atoms with Gasteiger partial charge in [-0.15, -0.1) is 0 Å². The number of hydrazine groups is 1. The van der Waals surface area contributed by atoms with Crippen molar-refractivity contribution in [1.82, 2.24) is 21.2 Å². The van der Waals surface area contributed by atoms with Crippen LogP contribution >= 0.6 is 12.2 Å². The third kappa shape index (κ3) is 5.35. The molecule has 0 radical (unpaired) electrons. The molecule has 2 aromatic rings. The van der Waals surface area contributed by atoms with E-state index in [0.29, 0.717) is 29.5 Å². The van der Waals surface area contributed by atoms with Crippen LogP contribution in [-0.4, -0.2) is 42.9 Å². The highest BCUT2D eigenvalue weighted by molar-refractivity contribution is 7.80. The van der Waals surface area contributed by atoms with Crippen LogP contribution in [0, 0.1) is 0 Å². The summed E-state index contributed by atoms with van der Waals surface area (Å²) in [6.07, 6.45) is 1.68. The summed E-state index contributed by atoms with van der Waals surface area (Å²) >= 11 is 4.98. The SMILES string of the molecule is COCCNC(=S)NNC(=O)COc1cccc2cccnc12. The van der Waals surface area contributed by atoms with Gasteiger partial charge in [0.2, 0.25) is 0 Å². The van der Waals surface area contributed by atoms with Gasteiger partial charge in [-0.3, -0.25) is 20.6 Å². The molecule has 1 aromatic heterocycles. The van der Waals surface area contributed by atoms with E-state index in [1.54, 1.807) is 19.4 Å². The quantitative estimate of drug-likeness (QED) is 0.408. The zero-order chi connectivity index (χ0) is 16.5. The fraction of sp³-hybridized carbons (Fsp3) is 0.267. The van der Waals surface area contributed by atoms with Gasteiger partial charge >= 0.3 is 0 Å². The van der Waals surface area contributed by atoms with Gasteiger partial charge in [0, 0.05) is 25.2 Å². The smallest absolute Gasteiger partial charge is 0.276 e. The Bertz CT molecular complexity index is 675. The lowest BCUT2D eigenvalue weighted by molar-refractivity contribution is -0.123. The van der Waals surface area contributed by atoms with Crippen LogP contribution in [0.5, 0.6) is 5.75 Å². The number of benzene rings is 1. The van der Waals surface area contributed by atoms with Crippen LogP contribution in [0.4, 0.5) is 0 Å². The average Bonchev–Trinajstić information content (AvgIpc) is 2.58. The van der Waals surface area contributed by atoms with Gasteiger partial charge in [-0.1, -0.05) is 18.2 Å². The number of fused-ring (bicyclic) bond motifs is 1. The number of hydrogen-bond acceptors (Lipinski definition) is 5. The number of carbonyl (C=O) groups is 1. The Labute approximate surface area is 139 Å². The van der Waals surface area contributed by atoms with Crippen molar-refractivity contribution in [2.45, 2.75) is 0 Å². The van der Waals surface area contributed by atoms with E-state index in [4.69, 9.17) is 21.7 Å². The molecule has 122 valence electrons. The number of nitrogens with one attached hydrogen (secondary N) is 3. The lowest BCUT2D eigenvalue weighted by Gasteiger charge is -2.12. The summed E-state index contributed by atoms with van der Waals surface area (Å²) in [4.78, 5) is 16.0. The van der Waals surface area contributed by atoms with Gasteiger partial charge in [-0.25, -0.2) is 0 Å². The summed E-state index contributed by atoms with van der Waals surface area (Å²) < 4.78 is 10.4. The molecular weight excluding hydrogens is 316 g/mol. The number of thiocarbonyl (C=S) groups is 1. The van der Waals surface area contributed by atoms with E-state index in [1.807, 2.05) is 24.3 Å².